The number of aliphatic carboxylic acids is 1. The Morgan fingerprint density at radius 1 is 1.40 bits per heavy atom. The Morgan fingerprint density at radius 3 is 2.65 bits per heavy atom. The standard InChI is InChI=1S/C14H17NO5/c1-14(12(17)18)7-11(16)8-15(14)13(19)20-9-10-5-3-2-4-6-10/h2-6,11,16H,7-9H2,1H3,(H,17,18)/t11-,14-/m1/s1. The number of benzene rings is 1. The molecule has 1 fully saturated rings. The number of carboxylic acid groups (broad SMARTS) is 1. The SMILES string of the molecule is C[C@]1(C(=O)O)C[C@@H](O)CN1C(=O)OCc1ccccc1. The number of ether oxygens (including phenoxy) is 1. The molecule has 1 saturated heterocycles. The van der Waals surface area contributed by atoms with Gasteiger partial charge in [0.2, 0.25) is 0 Å². The minimum absolute atomic E-state index is 0.00275. The first-order valence-corrected chi connectivity index (χ1v) is 6.33. The van der Waals surface area contributed by atoms with Gasteiger partial charge in [0.15, 0.2) is 0 Å². The highest BCUT2D eigenvalue weighted by Crippen LogP contribution is 2.30. The van der Waals surface area contributed by atoms with Crippen molar-refractivity contribution in [3.8, 4) is 0 Å². The summed E-state index contributed by atoms with van der Waals surface area (Å²) in [4.78, 5) is 24.4. The summed E-state index contributed by atoms with van der Waals surface area (Å²) < 4.78 is 5.12. The maximum Gasteiger partial charge on any atom is 0.411 e. The van der Waals surface area contributed by atoms with E-state index in [1.807, 2.05) is 30.3 Å². The predicted molar refractivity (Wildman–Crippen MR) is 70.0 cm³/mol. The highest BCUT2D eigenvalue weighted by molar-refractivity contribution is 5.84. The highest BCUT2D eigenvalue weighted by Gasteiger charge is 2.50. The van der Waals surface area contributed by atoms with E-state index in [1.165, 1.54) is 6.92 Å². The molecule has 0 unspecified atom stereocenters. The van der Waals surface area contributed by atoms with Gasteiger partial charge in [-0.05, 0) is 12.5 Å². The molecule has 1 amide bonds. The molecule has 1 aliphatic rings. The van der Waals surface area contributed by atoms with E-state index < -0.39 is 23.7 Å². The summed E-state index contributed by atoms with van der Waals surface area (Å²) in [6.07, 6.45) is -1.57. The first-order valence-electron chi connectivity index (χ1n) is 6.33. The van der Waals surface area contributed by atoms with Crippen molar-refractivity contribution < 1.29 is 24.5 Å². The van der Waals surface area contributed by atoms with Gasteiger partial charge in [-0.15, -0.1) is 0 Å². The summed E-state index contributed by atoms with van der Waals surface area (Å²) in [5.74, 6) is -1.15. The van der Waals surface area contributed by atoms with Gasteiger partial charge in [0.05, 0.1) is 12.6 Å². The van der Waals surface area contributed by atoms with Crippen LogP contribution in [0.5, 0.6) is 0 Å². The topological polar surface area (TPSA) is 87.1 Å². The van der Waals surface area contributed by atoms with Crippen LogP contribution in [-0.4, -0.2) is 45.4 Å². The molecule has 1 aliphatic heterocycles. The number of aliphatic hydroxyl groups excluding tert-OH is 1. The fourth-order valence-electron chi connectivity index (χ4n) is 2.32. The quantitative estimate of drug-likeness (QED) is 0.869. The molecular weight excluding hydrogens is 262 g/mol. The van der Waals surface area contributed by atoms with Crippen LogP contribution in [0.1, 0.15) is 18.9 Å². The predicted octanol–water partition coefficient (Wildman–Crippen LogP) is 1.23. The molecule has 0 spiro atoms. The number of nitrogens with zero attached hydrogens (tertiary/aromatic N) is 1. The van der Waals surface area contributed by atoms with E-state index in [4.69, 9.17) is 4.74 Å². The fraction of sp³-hybridized carbons (Fsp3) is 0.429. The Hall–Kier alpha value is -2.08. The zero-order valence-electron chi connectivity index (χ0n) is 11.2. The van der Waals surface area contributed by atoms with Crippen molar-refractivity contribution in [1.29, 1.82) is 0 Å². The summed E-state index contributed by atoms with van der Waals surface area (Å²) in [5, 5.41) is 18.8. The Balaban J connectivity index is 2.03. The van der Waals surface area contributed by atoms with E-state index in [0.29, 0.717) is 0 Å². The lowest BCUT2D eigenvalue weighted by Crippen LogP contribution is -2.50. The summed E-state index contributed by atoms with van der Waals surface area (Å²) in [6, 6.07) is 9.11. The second-order valence-electron chi connectivity index (χ2n) is 5.09. The number of rotatable bonds is 3. The molecule has 0 aliphatic carbocycles. The first-order chi connectivity index (χ1) is 9.43. The molecule has 1 aromatic carbocycles. The lowest BCUT2D eigenvalue weighted by Gasteiger charge is -2.29. The number of amides is 1. The van der Waals surface area contributed by atoms with Crippen molar-refractivity contribution in [1.82, 2.24) is 4.90 Å². The van der Waals surface area contributed by atoms with Gasteiger partial charge in [-0.2, -0.15) is 0 Å². The normalized spacial score (nSPS) is 25.5. The van der Waals surface area contributed by atoms with E-state index in [9.17, 15) is 19.8 Å². The molecule has 2 rings (SSSR count). The van der Waals surface area contributed by atoms with E-state index >= 15 is 0 Å². The zero-order chi connectivity index (χ0) is 14.8. The van der Waals surface area contributed by atoms with E-state index in [0.717, 1.165) is 10.5 Å². The summed E-state index contributed by atoms with van der Waals surface area (Å²) >= 11 is 0. The van der Waals surface area contributed by atoms with Crippen LogP contribution in [0.25, 0.3) is 0 Å². The van der Waals surface area contributed by atoms with Gasteiger partial charge in [-0.25, -0.2) is 9.59 Å². The van der Waals surface area contributed by atoms with Crippen LogP contribution in [0.3, 0.4) is 0 Å². The number of carbonyl (C=O) groups is 2. The van der Waals surface area contributed by atoms with Crippen LogP contribution < -0.4 is 0 Å². The second kappa shape index (κ2) is 5.50. The summed E-state index contributed by atoms with van der Waals surface area (Å²) in [7, 11) is 0. The van der Waals surface area contributed by atoms with Gasteiger partial charge in [0.1, 0.15) is 12.1 Å². The largest absolute Gasteiger partial charge is 0.480 e. The average molecular weight is 279 g/mol. The lowest BCUT2D eigenvalue weighted by atomic mass is 9.99. The Labute approximate surface area is 116 Å². The molecule has 1 heterocycles. The number of β-amino-alcohol motifs (C(OH)–C–C–N with tert-alkyl or cyclic N) is 1. The van der Waals surface area contributed by atoms with Crippen LogP contribution in [0, 0.1) is 0 Å². The van der Waals surface area contributed by atoms with Crippen LogP contribution >= 0.6 is 0 Å². The maximum atomic E-state index is 12.0. The molecule has 0 aromatic heterocycles. The Kier molecular flexibility index (Phi) is 3.94. The van der Waals surface area contributed by atoms with Gasteiger partial charge in [-0.1, -0.05) is 30.3 Å². The first kappa shape index (κ1) is 14.3. The maximum absolute atomic E-state index is 12.0. The molecule has 108 valence electrons. The molecule has 6 heteroatoms. The number of carboxylic acids is 1. The molecule has 2 N–H and O–H groups in total. The Morgan fingerprint density at radius 2 is 2.05 bits per heavy atom. The van der Waals surface area contributed by atoms with E-state index in [1.54, 1.807) is 0 Å². The van der Waals surface area contributed by atoms with Crippen molar-refractivity contribution in [2.75, 3.05) is 6.54 Å². The molecule has 20 heavy (non-hydrogen) atoms. The molecule has 0 bridgehead atoms. The fourth-order valence-corrected chi connectivity index (χ4v) is 2.32. The van der Waals surface area contributed by atoms with Crippen molar-refractivity contribution >= 4 is 12.1 Å². The monoisotopic (exact) mass is 279 g/mol. The van der Waals surface area contributed by atoms with Crippen molar-refractivity contribution in [3.63, 3.8) is 0 Å². The lowest BCUT2D eigenvalue weighted by molar-refractivity contribution is -0.147. The number of hydrogen-bond donors (Lipinski definition) is 2. The smallest absolute Gasteiger partial charge is 0.411 e. The number of hydrogen-bond acceptors (Lipinski definition) is 4. The molecule has 6 nitrogen and oxygen atoms in total. The second-order valence-corrected chi connectivity index (χ2v) is 5.09. The minimum atomic E-state index is -1.42. The van der Waals surface area contributed by atoms with Gasteiger partial charge in [-0.3, -0.25) is 4.90 Å². The highest BCUT2D eigenvalue weighted by atomic mass is 16.6. The van der Waals surface area contributed by atoms with E-state index in [2.05, 4.69) is 0 Å². The third kappa shape index (κ3) is 2.75. The van der Waals surface area contributed by atoms with Gasteiger partial charge >= 0.3 is 12.1 Å². The number of aliphatic hydroxyl groups is 1. The molecule has 1 aromatic rings. The third-order valence-electron chi connectivity index (χ3n) is 3.51. The third-order valence-corrected chi connectivity index (χ3v) is 3.51. The molecule has 2 atom stereocenters. The van der Waals surface area contributed by atoms with Gasteiger partial charge in [0, 0.05) is 6.42 Å². The van der Waals surface area contributed by atoms with Crippen LogP contribution in [0.4, 0.5) is 4.79 Å². The molecule has 0 saturated carbocycles. The Bertz CT molecular complexity index is 504. The summed E-state index contributed by atoms with van der Waals surface area (Å²) in [5.41, 5.74) is -0.606. The molecular formula is C14H17NO5. The number of carbonyl (C=O) groups excluding carboxylic acids is 1. The zero-order valence-corrected chi connectivity index (χ0v) is 11.2. The van der Waals surface area contributed by atoms with Crippen molar-refractivity contribution in [2.24, 2.45) is 0 Å². The molecule has 0 radical (unpaired) electrons. The van der Waals surface area contributed by atoms with Crippen LogP contribution in [-0.2, 0) is 16.1 Å². The van der Waals surface area contributed by atoms with Crippen molar-refractivity contribution in [2.45, 2.75) is 31.6 Å². The van der Waals surface area contributed by atoms with Crippen LogP contribution in [0.15, 0.2) is 30.3 Å². The number of likely N-dealkylation sites (tertiary alicyclic amines) is 1. The van der Waals surface area contributed by atoms with Gasteiger partial charge < -0.3 is 14.9 Å². The van der Waals surface area contributed by atoms with Crippen LogP contribution in [0.2, 0.25) is 0 Å². The van der Waals surface area contributed by atoms with E-state index in [-0.39, 0.29) is 19.6 Å². The average Bonchev–Trinajstić information content (AvgIpc) is 2.74. The van der Waals surface area contributed by atoms with Crippen molar-refractivity contribution in [3.05, 3.63) is 35.9 Å². The minimum Gasteiger partial charge on any atom is -0.480 e. The van der Waals surface area contributed by atoms with Gasteiger partial charge in [0.25, 0.3) is 0 Å². The summed E-state index contributed by atoms with van der Waals surface area (Å²) in [6.45, 7) is 1.45.